The molecule has 1 aromatic heterocycles. The zero-order valence-electron chi connectivity index (χ0n) is 10.5. The van der Waals surface area contributed by atoms with E-state index in [4.69, 9.17) is 11.6 Å². The first-order valence-corrected chi connectivity index (χ1v) is 6.67. The molecule has 0 spiro atoms. The second-order valence-electron chi connectivity index (χ2n) is 4.95. The molecule has 0 amide bonds. The molecule has 5 heteroatoms. The third-order valence-corrected chi connectivity index (χ3v) is 3.96. The lowest BCUT2D eigenvalue weighted by Gasteiger charge is -2.07. The molecule has 1 saturated heterocycles. The largest absolute Gasteiger partial charge is 0.350 e. The zero-order chi connectivity index (χ0) is 13.6. The number of Topliss-reactive ketones (excluding diaryl/α,β-unsaturated/α-hetero) is 1. The highest BCUT2D eigenvalue weighted by Crippen LogP contribution is 2.28. The first-order valence-electron chi connectivity index (χ1n) is 6.29. The lowest BCUT2D eigenvalue weighted by atomic mass is 10.0. The Bertz CT molecular complexity index is 659. The van der Waals surface area contributed by atoms with Gasteiger partial charge in [0.1, 0.15) is 5.82 Å². The molecule has 0 saturated carbocycles. The summed E-state index contributed by atoms with van der Waals surface area (Å²) >= 11 is 5.79. The van der Waals surface area contributed by atoms with Gasteiger partial charge in [-0.15, -0.1) is 0 Å². The Morgan fingerprint density at radius 2 is 2.32 bits per heavy atom. The van der Waals surface area contributed by atoms with E-state index in [9.17, 15) is 9.18 Å². The number of hydrogen-bond donors (Lipinski definition) is 1. The van der Waals surface area contributed by atoms with Crippen LogP contribution in [-0.4, -0.2) is 22.9 Å². The third-order valence-electron chi connectivity index (χ3n) is 3.67. The van der Waals surface area contributed by atoms with Gasteiger partial charge in [0.15, 0.2) is 5.78 Å². The minimum absolute atomic E-state index is 0.0322. The average molecular weight is 281 g/mol. The molecule has 1 atom stereocenters. The number of benzene rings is 1. The van der Waals surface area contributed by atoms with Crippen LogP contribution in [-0.2, 0) is 7.05 Å². The van der Waals surface area contributed by atoms with Crippen LogP contribution >= 0.6 is 11.6 Å². The highest BCUT2D eigenvalue weighted by Gasteiger charge is 2.26. The molecule has 100 valence electrons. The van der Waals surface area contributed by atoms with E-state index < -0.39 is 5.82 Å². The average Bonchev–Trinajstić information content (AvgIpc) is 3.00. The Kier molecular flexibility index (Phi) is 3.07. The van der Waals surface area contributed by atoms with Crippen molar-refractivity contribution in [3.8, 4) is 0 Å². The number of hydrogen-bond acceptors (Lipinski definition) is 2. The molecular formula is C14H14ClFN2O. The van der Waals surface area contributed by atoms with Gasteiger partial charge >= 0.3 is 0 Å². The normalized spacial score (nSPS) is 19.2. The van der Waals surface area contributed by atoms with Crippen molar-refractivity contribution in [1.29, 1.82) is 0 Å². The fraction of sp³-hybridized carbons (Fsp3) is 0.357. The smallest absolute Gasteiger partial charge is 0.181 e. The van der Waals surface area contributed by atoms with Crippen LogP contribution in [0.3, 0.4) is 0 Å². The number of halogens is 2. The molecule has 19 heavy (non-hydrogen) atoms. The lowest BCUT2D eigenvalue weighted by Crippen LogP contribution is -2.30. The Balaban J connectivity index is 2.13. The van der Waals surface area contributed by atoms with Gasteiger partial charge < -0.3 is 9.88 Å². The molecule has 0 radical (unpaired) electrons. The van der Waals surface area contributed by atoms with Crippen molar-refractivity contribution in [2.24, 2.45) is 7.05 Å². The molecule has 0 bridgehead atoms. The van der Waals surface area contributed by atoms with Gasteiger partial charge in [0.05, 0.1) is 16.6 Å². The summed E-state index contributed by atoms with van der Waals surface area (Å²) in [6.45, 7) is 0.862. The maximum Gasteiger partial charge on any atom is 0.181 e. The predicted molar refractivity (Wildman–Crippen MR) is 73.2 cm³/mol. The van der Waals surface area contributed by atoms with Gasteiger partial charge in [0, 0.05) is 24.2 Å². The summed E-state index contributed by atoms with van der Waals surface area (Å²) in [5.74, 6) is -0.460. The van der Waals surface area contributed by atoms with Gasteiger partial charge in [0.25, 0.3) is 0 Å². The second kappa shape index (κ2) is 4.62. The summed E-state index contributed by atoms with van der Waals surface area (Å²) in [4.78, 5) is 12.4. The molecule has 1 fully saturated rings. The molecule has 3 nitrogen and oxygen atoms in total. The number of carbonyl (C=O) groups excluding carboxylic acids is 1. The van der Waals surface area contributed by atoms with E-state index in [-0.39, 0.29) is 16.8 Å². The quantitative estimate of drug-likeness (QED) is 0.858. The van der Waals surface area contributed by atoms with Crippen molar-refractivity contribution in [2.45, 2.75) is 18.9 Å². The van der Waals surface area contributed by atoms with Crippen LogP contribution in [0.15, 0.2) is 18.3 Å². The maximum atomic E-state index is 13.6. The molecule has 2 aromatic rings. The topological polar surface area (TPSA) is 34.0 Å². The Morgan fingerprint density at radius 3 is 3.00 bits per heavy atom. The molecule has 1 aliphatic rings. The fourth-order valence-electron chi connectivity index (χ4n) is 2.67. The number of aromatic nitrogens is 1. The summed E-state index contributed by atoms with van der Waals surface area (Å²) in [6, 6.07) is 2.76. The lowest BCUT2D eigenvalue weighted by molar-refractivity contribution is 0.0954. The third kappa shape index (κ3) is 2.05. The number of nitrogens with zero attached hydrogens (tertiary/aromatic N) is 1. The van der Waals surface area contributed by atoms with Crippen LogP contribution in [0.1, 0.15) is 23.2 Å². The van der Waals surface area contributed by atoms with Crippen molar-refractivity contribution < 1.29 is 9.18 Å². The van der Waals surface area contributed by atoms with E-state index in [1.54, 1.807) is 12.3 Å². The first kappa shape index (κ1) is 12.6. The molecule has 1 aromatic carbocycles. The summed E-state index contributed by atoms with van der Waals surface area (Å²) in [5, 5.41) is 3.88. The van der Waals surface area contributed by atoms with Crippen LogP contribution in [0, 0.1) is 5.82 Å². The molecule has 0 aliphatic carbocycles. The zero-order valence-corrected chi connectivity index (χ0v) is 11.3. The predicted octanol–water partition coefficient (Wildman–Crippen LogP) is 2.91. The van der Waals surface area contributed by atoms with E-state index in [1.807, 2.05) is 11.6 Å². The summed E-state index contributed by atoms with van der Waals surface area (Å²) < 4.78 is 15.4. The minimum atomic E-state index is -0.492. The fourth-order valence-corrected chi connectivity index (χ4v) is 2.83. The monoisotopic (exact) mass is 280 g/mol. The Labute approximate surface area is 115 Å². The molecular weight excluding hydrogens is 267 g/mol. The maximum absolute atomic E-state index is 13.6. The van der Waals surface area contributed by atoms with Crippen LogP contribution in [0.4, 0.5) is 4.39 Å². The van der Waals surface area contributed by atoms with Crippen molar-refractivity contribution >= 4 is 28.3 Å². The van der Waals surface area contributed by atoms with Gasteiger partial charge in [-0.25, -0.2) is 4.39 Å². The Hall–Kier alpha value is -1.39. The first-order chi connectivity index (χ1) is 9.08. The number of nitrogens with one attached hydrogen (secondary N) is 1. The summed E-state index contributed by atoms with van der Waals surface area (Å²) in [5.41, 5.74) is 1.33. The van der Waals surface area contributed by atoms with Gasteiger partial charge in [-0.2, -0.15) is 0 Å². The van der Waals surface area contributed by atoms with Crippen LogP contribution in [0.5, 0.6) is 0 Å². The second-order valence-corrected chi connectivity index (χ2v) is 5.36. The number of fused-ring (bicyclic) bond motifs is 1. The van der Waals surface area contributed by atoms with Gasteiger partial charge in [-0.05, 0) is 31.5 Å². The SMILES string of the molecule is Cn1cc(C(=O)C2CCCN2)c2cc(F)c(Cl)cc21. The van der Waals surface area contributed by atoms with Gasteiger partial charge in [-0.3, -0.25) is 4.79 Å². The number of carbonyl (C=O) groups is 1. The highest BCUT2D eigenvalue weighted by atomic mass is 35.5. The van der Waals surface area contributed by atoms with Crippen LogP contribution in [0.25, 0.3) is 10.9 Å². The Morgan fingerprint density at radius 1 is 1.53 bits per heavy atom. The van der Waals surface area contributed by atoms with Crippen molar-refractivity contribution in [3.05, 3.63) is 34.7 Å². The van der Waals surface area contributed by atoms with Crippen LogP contribution in [0.2, 0.25) is 5.02 Å². The van der Waals surface area contributed by atoms with E-state index in [0.717, 1.165) is 24.9 Å². The van der Waals surface area contributed by atoms with E-state index >= 15 is 0 Å². The van der Waals surface area contributed by atoms with Crippen molar-refractivity contribution in [3.63, 3.8) is 0 Å². The molecule has 1 unspecified atom stereocenters. The number of aryl methyl sites for hydroxylation is 1. The summed E-state index contributed by atoms with van der Waals surface area (Å²) in [6.07, 6.45) is 3.59. The van der Waals surface area contributed by atoms with Crippen LogP contribution < -0.4 is 5.32 Å². The minimum Gasteiger partial charge on any atom is -0.350 e. The van der Waals surface area contributed by atoms with E-state index in [1.165, 1.54) is 6.07 Å². The van der Waals surface area contributed by atoms with E-state index in [2.05, 4.69) is 5.32 Å². The van der Waals surface area contributed by atoms with Crippen molar-refractivity contribution in [2.75, 3.05) is 6.54 Å². The molecule has 2 heterocycles. The van der Waals surface area contributed by atoms with E-state index in [0.29, 0.717) is 10.9 Å². The summed E-state index contributed by atoms with van der Waals surface area (Å²) in [7, 11) is 1.83. The van der Waals surface area contributed by atoms with Crippen molar-refractivity contribution in [1.82, 2.24) is 9.88 Å². The van der Waals surface area contributed by atoms with Gasteiger partial charge in [0.2, 0.25) is 0 Å². The number of ketones is 1. The standard InChI is InChI=1S/C14H14ClFN2O/c1-18-7-9(14(19)12-3-2-4-17-12)8-5-11(16)10(15)6-13(8)18/h5-7,12,17H,2-4H2,1H3. The highest BCUT2D eigenvalue weighted by molar-refractivity contribution is 6.31. The molecule has 1 N–H and O–H groups in total. The van der Waals surface area contributed by atoms with Gasteiger partial charge in [-0.1, -0.05) is 11.6 Å². The molecule has 1 aliphatic heterocycles. The number of rotatable bonds is 2. The molecule has 3 rings (SSSR count).